The van der Waals surface area contributed by atoms with Crippen LogP contribution in [0.25, 0.3) is 6.08 Å². The highest BCUT2D eigenvalue weighted by Crippen LogP contribution is 2.31. The SMILES string of the molecule is CC1=C(C(=O)Nc2ccccc2)C(c2ccc(Cl)cc2)n2c(s/c(=C/c3ccc(C)o3)c2=O)=N1. The van der Waals surface area contributed by atoms with E-state index in [0.717, 1.165) is 11.3 Å². The molecule has 0 saturated carbocycles. The number of rotatable bonds is 4. The predicted molar refractivity (Wildman–Crippen MR) is 134 cm³/mol. The van der Waals surface area contributed by atoms with Crippen LogP contribution in [0.5, 0.6) is 0 Å². The van der Waals surface area contributed by atoms with Gasteiger partial charge >= 0.3 is 0 Å². The molecule has 6 nitrogen and oxygen atoms in total. The number of allylic oxidation sites excluding steroid dienone is 1. The van der Waals surface area contributed by atoms with Gasteiger partial charge in [0.1, 0.15) is 11.5 Å². The van der Waals surface area contributed by atoms with Crippen LogP contribution in [0.4, 0.5) is 5.69 Å². The standard InChI is InChI=1S/C26H20ClN3O3S/c1-15-8-13-20(33-15)14-21-25(32)30-23(17-9-11-18(27)12-10-17)22(16(2)28-26(30)34-21)24(31)29-19-6-4-3-5-7-19/h3-14,23H,1-2H3,(H,29,31)/b21-14+. The number of hydrogen-bond donors (Lipinski definition) is 1. The molecule has 3 heterocycles. The lowest BCUT2D eigenvalue weighted by Gasteiger charge is -2.25. The fourth-order valence-corrected chi connectivity index (χ4v) is 5.11. The zero-order chi connectivity index (χ0) is 23.8. The summed E-state index contributed by atoms with van der Waals surface area (Å²) in [6.07, 6.45) is 1.71. The average Bonchev–Trinajstić information content (AvgIpc) is 3.36. The largest absolute Gasteiger partial charge is 0.462 e. The number of fused-ring (bicyclic) bond motifs is 1. The fraction of sp³-hybridized carbons (Fsp3) is 0.115. The Morgan fingerprint density at radius 2 is 1.82 bits per heavy atom. The number of para-hydroxylation sites is 1. The van der Waals surface area contributed by atoms with Crippen molar-refractivity contribution in [3.05, 3.63) is 120 Å². The van der Waals surface area contributed by atoms with Crippen LogP contribution in [0.15, 0.2) is 92.2 Å². The molecule has 0 bridgehead atoms. The van der Waals surface area contributed by atoms with Crippen molar-refractivity contribution in [2.45, 2.75) is 19.9 Å². The molecule has 4 aromatic rings. The normalized spacial score (nSPS) is 15.7. The van der Waals surface area contributed by atoms with Gasteiger partial charge in [-0.3, -0.25) is 14.2 Å². The summed E-state index contributed by atoms with van der Waals surface area (Å²) in [5, 5.41) is 3.50. The van der Waals surface area contributed by atoms with Crippen molar-refractivity contribution in [2.75, 3.05) is 5.32 Å². The molecular weight excluding hydrogens is 470 g/mol. The zero-order valence-electron chi connectivity index (χ0n) is 18.4. The van der Waals surface area contributed by atoms with Gasteiger partial charge in [0, 0.05) is 16.8 Å². The van der Waals surface area contributed by atoms with E-state index < -0.39 is 6.04 Å². The van der Waals surface area contributed by atoms with Crippen LogP contribution in [0, 0.1) is 6.92 Å². The Morgan fingerprint density at radius 3 is 2.50 bits per heavy atom. The van der Waals surface area contributed by atoms with E-state index in [0.29, 0.717) is 37.1 Å². The first kappa shape index (κ1) is 22.1. The predicted octanol–water partition coefficient (Wildman–Crippen LogP) is 4.43. The number of anilines is 1. The average molecular weight is 490 g/mol. The summed E-state index contributed by atoms with van der Waals surface area (Å²) in [7, 11) is 0. The summed E-state index contributed by atoms with van der Waals surface area (Å²) in [5.74, 6) is 1.03. The van der Waals surface area contributed by atoms with Crippen molar-refractivity contribution in [3.63, 3.8) is 0 Å². The molecule has 170 valence electrons. The topological polar surface area (TPSA) is 76.6 Å². The number of nitrogens with one attached hydrogen (secondary N) is 1. The van der Waals surface area contributed by atoms with Gasteiger partial charge in [0.25, 0.3) is 11.5 Å². The number of hydrogen-bond acceptors (Lipinski definition) is 5. The fourth-order valence-electron chi connectivity index (χ4n) is 3.95. The number of thiazole rings is 1. The second kappa shape index (κ2) is 8.93. The number of carbonyl (C=O) groups is 1. The Bertz CT molecular complexity index is 1600. The summed E-state index contributed by atoms with van der Waals surface area (Å²) in [6, 6.07) is 19.3. The van der Waals surface area contributed by atoms with Crippen molar-refractivity contribution in [2.24, 2.45) is 4.99 Å². The van der Waals surface area contributed by atoms with Gasteiger partial charge in [0.2, 0.25) is 0 Å². The maximum Gasteiger partial charge on any atom is 0.271 e. The van der Waals surface area contributed by atoms with E-state index in [1.54, 1.807) is 29.7 Å². The van der Waals surface area contributed by atoms with Crippen molar-refractivity contribution in [3.8, 4) is 0 Å². The molecule has 1 atom stereocenters. The molecule has 34 heavy (non-hydrogen) atoms. The molecule has 8 heteroatoms. The Labute approximate surface area is 204 Å². The second-order valence-corrected chi connectivity index (χ2v) is 9.35. The number of halogens is 1. The monoisotopic (exact) mass is 489 g/mol. The summed E-state index contributed by atoms with van der Waals surface area (Å²) in [4.78, 5) is 32.2. The van der Waals surface area contributed by atoms with Gasteiger partial charge in [0.05, 0.1) is 21.8 Å². The van der Waals surface area contributed by atoms with E-state index in [1.807, 2.05) is 61.5 Å². The minimum atomic E-state index is -0.655. The lowest BCUT2D eigenvalue weighted by Crippen LogP contribution is -2.40. The number of aryl methyl sites for hydroxylation is 1. The van der Waals surface area contributed by atoms with Crippen LogP contribution in [0.1, 0.15) is 30.0 Å². The highest BCUT2D eigenvalue weighted by Gasteiger charge is 2.32. The molecule has 1 unspecified atom stereocenters. The molecule has 1 N–H and O–H groups in total. The summed E-state index contributed by atoms with van der Waals surface area (Å²) < 4.78 is 7.68. The molecule has 0 saturated heterocycles. The number of amides is 1. The smallest absolute Gasteiger partial charge is 0.271 e. The molecule has 0 spiro atoms. The van der Waals surface area contributed by atoms with Crippen LogP contribution >= 0.6 is 22.9 Å². The van der Waals surface area contributed by atoms with E-state index in [1.165, 1.54) is 11.3 Å². The Morgan fingerprint density at radius 1 is 1.09 bits per heavy atom. The third-order valence-corrected chi connectivity index (χ3v) is 6.75. The zero-order valence-corrected chi connectivity index (χ0v) is 20.0. The van der Waals surface area contributed by atoms with Crippen LogP contribution in [-0.4, -0.2) is 10.5 Å². The van der Waals surface area contributed by atoms with Crippen LogP contribution in [0.2, 0.25) is 5.02 Å². The molecule has 0 radical (unpaired) electrons. The van der Waals surface area contributed by atoms with E-state index in [9.17, 15) is 9.59 Å². The third-order valence-electron chi connectivity index (χ3n) is 5.52. The highest BCUT2D eigenvalue weighted by molar-refractivity contribution is 7.07. The summed E-state index contributed by atoms with van der Waals surface area (Å²) in [5.41, 5.74) is 2.14. The van der Waals surface area contributed by atoms with Crippen molar-refractivity contribution in [1.82, 2.24) is 4.57 Å². The lowest BCUT2D eigenvalue weighted by molar-refractivity contribution is -0.113. The Balaban J connectivity index is 1.68. The van der Waals surface area contributed by atoms with Crippen molar-refractivity contribution in [1.29, 1.82) is 0 Å². The second-order valence-electron chi connectivity index (χ2n) is 7.90. The molecule has 1 aliphatic rings. The van der Waals surface area contributed by atoms with E-state index in [-0.39, 0.29) is 11.5 Å². The van der Waals surface area contributed by atoms with Gasteiger partial charge in [-0.1, -0.05) is 53.3 Å². The van der Waals surface area contributed by atoms with Crippen LogP contribution in [0.3, 0.4) is 0 Å². The highest BCUT2D eigenvalue weighted by atomic mass is 35.5. The minimum Gasteiger partial charge on any atom is -0.462 e. The Hall–Kier alpha value is -3.68. The van der Waals surface area contributed by atoms with Gasteiger partial charge in [-0.25, -0.2) is 4.99 Å². The first-order valence-electron chi connectivity index (χ1n) is 10.6. The maximum absolute atomic E-state index is 13.6. The molecule has 0 aliphatic carbocycles. The molecular formula is C26H20ClN3O3S. The molecule has 2 aromatic heterocycles. The minimum absolute atomic E-state index is 0.240. The van der Waals surface area contributed by atoms with Gasteiger partial charge in [0.15, 0.2) is 4.80 Å². The maximum atomic E-state index is 13.6. The van der Waals surface area contributed by atoms with E-state index in [2.05, 4.69) is 10.3 Å². The number of aromatic nitrogens is 1. The molecule has 1 aliphatic heterocycles. The van der Waals surface area contributed by atoms with E-state index in [4.69, 9.17) is 16.0 Å². The van der Waals surface area contributed by atoms with Gasteiger partial charge in [-0.15, -0.1) is 0 Å². The van der Waals surface area contributed by atoms with E-state index >= 15 is 0 Å². The first-order chi connectivity index (χ1) is 16.4. The molecule has 0 fully saturated rings. The number of furan rings is 1. The quantitative estimate of drug-likeness (QED) is 0.460. The first-order valence-corrected chi connectivity index (χ1v) is 11.8. The number of benzene rings is 2. The molecule has 2 aromatic carbocycles. The van der Waals surface area contributed by atoms with Crippen molar-refractivity contribution < 1.29 is 9.21 Å². The Kier molecular flexibility index (Phi) is 5.81. The van der Waals surface area contributed by atoms with Crippen LogP contribution < -0.4 is 20.2 Å². The van der Waals surface area contributed by atoms with Gasteiger partial charge < -0.3 is 9.73 Å². The van der Waals surface area contributed by atoms with Crippen LogP contribution in [-0.2, 0) is 4.79 Å². The van der Waals surface area contributed by atoms with Gasteiger partial charge in [-0.2, -0.15) is 0 Å². The third kappa shape index (κ3) is 4.16. The number of nitrogens with zero attached hydrogens (tertiary/aromatic N) is 2. The molecule has 1 amide bonds. The molecule has 5 rings (SSSR count). The van der Waals surface area contributed by atoms with Gasteiger partial charge in [-0.05, 0) is 55.8 Å². The summed E-state index contributed by atoms with van der Waals surface area (Å²) in [6.45, 7) is 3.64. The number of carbonyl (C=O) groups excluding carboxylic acids is 1. The summed E-state index contributed by atoms with van der Waals surface area (Å²) >= 11 is 7.39. The van der Waals surface area contributed by atoms with Crippen molar-refractivity contribution >= 4 is 40.6 Å². The lowest BCUT2D eigenvalue weighted by atomic mass is 9.95.